The second kappa shape index (κ2) is 7.40. The number of carbonyl (C=O) groups excluding carboxylic acids is 1. The largest absolute Gasteiger partial charge is 0.327 e. The Labute approximate surface area is 167 Å². The number of fused-ring (bicyclic) bond motifs is 1. The molecule has 1 amide bonds. The molecule has 6 heteroatoms. The summed E-state index contributed by atoms with van der Waals surface area (Å²) in [7, 11) is 2.03. The molecular formula is C22H20N4OS. The number of anilines is 1. The lowest BCUT2D eigenvalue weighted by atomic mass is 10.1. The third-order valence-corrected chi connectivity index (χ3v) is 5.41. The molecule has 5 nitrogen and oxygen atoms in total. The van der Waals surface area contributed by atoms with Crippen LogP contribution in [0.25, 0.3) is 22.7 Å². The smallest absolute Gasteiger partial charge is 0.221 e. The van der Waals surface area contributed by atoms with E-state index in [0.717, 1.165) is 44.4 Å². The summed E-state index contributed by atoms with van der Waals surface area (Å²) in [5, 5.41) is 5.77. The number of carbonyl (C=O) groups is 1. The minimum absolute atomic E-state index is 0.0815. The molecule has 4 aromatic rings. The Hall–Kier alpha value is -3.25. The van der Waals surface area contributed by atoms with Gasteiger partial charge in [0, 0.05) is 30.7 Å². The molecule has 28 heavy (non-hydrogen) atoms. The number of imidazole rings is 1. The van der Waals surface area contributed by atoms with E-state index >= 15 is 0 Å². The van der Waals surface area contributed by atoms with Crippen LogP contribution in [0.1, 0.15) is 29.0 Å². The first-order chi connectivity index (χ1) is 13.5. The Morgan fingerprint density at radius 1 is 1.11 bits per heavy atom. The highest BCUT2D eigenvalue weighted by Gasteiger charge is 2.16. The Morgan fingerprint density at radius 3 is 2.50 bits per heavy atom. The van der Waals surface area contributed by atoms with Crippen molar-refractivity contribution in [1.82, 2.24) is 14.5 Å². The van der Waals surface area contributed by atoms with Crippen LogP contribution in [0.4, 0.5) is 5.69 Å². The van der Waals surface area contributed by atoms with Gasteiger partial charge in [-0.15, -0.1) is 11.3 Å². The van der Waals surface area contributed by atoms with Gasteiger partial charge in [0.25, 0.3) is 0 Å². The van der Waals surface area contributed by atoms with E-state index < -0.39 is 0 Å². The number of aryl methyl sites for hydroxylation is 2. The van der Waals surface area contributed by atoms with E-state index in [1.165, 1.54) is 6.92 Å². The van der Waals surface area contributed by atoms with Crippen LogP contribution in [0.5, 0.6) is 0 Å². The summed E-state index contributed by atoms with van der Waals surface area (Å²) in [6.45, 7) is 3.50. The standard InChI is InChI=1S/C22H20N4OS/c1-14-13-28-22(23-14)18(12-16-8-10-17(11-9-16)24-15(2)27)21-25-19-6-4-5-7-20(19)26(21)3/h4-13H,1-3H3,(H,24,27)/b18-12-. The molecule has 0 atom stereocenters. The van der Waals surface area contributed by atoms with E-state index in [1.54, 1.807) is 11.3 Å². The van der Waals surface area contributed by atoms with Crippen LogP contribution in [0, 0.1) is 6.92 Å². The summed E-state index contributed by atoms with van der Waals surface area (Å²) in [6, 6.07) is 15.9. The zero-order valence-electron chi connectivity index (χ0n) is 15.9. The number of amides is 1. The second-order valence-corrected chi connectivity index (χ2v) is 7.50. The number of thiazole rings is 1. The van der Waals surface area contributed by atoms with Gasteiger partial charge in [-0.25, -0.2) is 9.97 Å². The van der Waals surface area contributed by atoms with Crippen molar-refractivity contribution in [1.29, 1.82) is 0 Å². The van der Waals surface area contributed by atoms with Gasteiger partial charge in [-0.3, -0.25) is 4.79 Å². The number of hydrogen-bond acceptors (Lipinski definition) is 4. The molecule has 0 fully saturated rings. The summed E-state index contributed by atoms with van der Waals surface area (Å²) >= 11 is 1.61. The van der Waals surface area contributed by atoms with E-state index in [2.05, 4.69) is 22.0 Å². The van der Waals surface area contributed by atoms with Gasteiger partial charge in [0.15, 0.2) is 0 Å². The molecule has 0 aliphatic carbocycles. The molecule has 0 spiro atoms. The number of nitrogens with zero attached hydrogens (tertiary/aromatic N) is 3. The molecule has 0 radical (unpaired) electrons. The number of rotatable bonds is 4. The Kier molecular flexibility index (Phi) is 4.79. The van der Waals surface area contributed by atoms with Crippen molar-refractivity contribution < 1.29 is 4.79 Å². The Balaban J connectivity index is 1.83. The number of para-hydroxylation sites is 2. The molecule has 2 aromatic heterocycles. The molecule has 2 aromatic carbocycles. The van der Waals surface area contributed by atoms with Crippen molar-refractivity contribution in [3.63, 3.8) is 0 Å². The number of nitrogens with one attached hydrogen (secondary N) is 1. The Morgan fingerprint density at radius 2 is 1.86 bits per heavy atom. The minimum atomic E-state index is -0.0815. The van der Waals surface area contributed by atoms with Crippen LogP contribution >= 0.6 is 11.3 Å². The van der Waals surface area contributed by atoms with E-state index in [1.807, 2.05) is 61.8 Å². The molecule has 0 aliphatic heterocycles. The lowest BCUT2D eigenvalue weighted by molar-refractivity contribution is -0.114. The summed E-state index contributed by atoms with van der Waals surface area (Å²) in [6.07, 6.45) is 2.09. The number of aromatic nitrogens is 3. The predicted octanol–water partition coefficient (Wildman–Crippen LogP) is 4.89. The number of hydrogen-bond donors (Lipinski definition) is 1. The molecule has 2 heterocycles. The maximum absolute atomic E-state index is 11.2. The van der Waals surface area contributed by atoms with Crippen LogP contribution in [0.15, 0.2) is 53.9 Å². The van der Waals surface area contributed by atoms with Gasteiger partial charge in [-0.2, -0.15) is 0 Å². The van der Waals surface area contributed by atoms with Crippen molar-refractivity contribution in [2.24, 2.45) is 7.05 Å². The van der Waals surface area contributed by atoms with Crippen LogP contribution in [0.3, 0.4) is 0 Å². The predicted molar refractivity (Wildman–Crippen MR) is 115 cm³/mol. The lowest BCUT2D eigenvalue weighted by Gasteiger charge is -2.07. The zero-order valence-corrected chi connectivity index (χ0v) is 16.7. The van der Waals surface area contributed by atoms with Crippen LogP contribution in [-0.2, 0) is 11.8 Å². The monoisotopic (exact) mass is 388 g/mol. The highest BCUT2D eigenvalue weighted by Crippen LogP contribution is 2.30. The fourth-order valence-corrected chi connectivity index (χ4v) is 3.93. The van der Waals surface area contributed by atoms with E-state index in [0.29, 0.717) is 0 Å². The van der Waals surface area contributed by atoms with E-state index in [4.69, 9.17) is 9.97 Å². The highest BCUT2D eigenvalue weighted by atomic mass is 32.1. The highest BCUT2D eigenvalue weighted by molar-refractivity contribution is 7.11. The van der Waals surface area contributed by atoms with Crippen molar-refractivity contribution >= 4 is 45.6 Å². The third kappa shape index (κ3) is 3.59. The van der Waals surface area contributed by atoms with Gasteiger partial charge in [0.1, 0.15) is 10.8 Å². The molecular weight excluding hydrogens is 368 g/mol. The van der Waals surface area contributed by atoms with Gasteiger partial charge < -0.3 is 9.88 Å². The van der Waals surface area contributed by atoms with Gasteiger partial charge in [0.05, 0.1) is 16.6 Å². The maximum Gasteiger partial charge on any atom is 0.221 e. The van der Waals surface area contributed by atoms with Crippen molar-refractivity contribution in [2.45, 2.75) is 13.8 Å². The molecule has 0 bridgehead atoms. The Bertz CT molecular complexity index is 1180. The summed E-state index contributed by atoms with van der Waals surface area (Å²) < 4.78 is 2.10. The normalized spacial score (nSPS) is 11.8. The summed E-state index contributed by atoms with van der Waals surface area (Å²) in [5.74, 6) is 0.795. The molecule has 4 rings (SSSR count). The topological polar surface area (TPSA) is 59.8 Å². The minimum Gasteiger partial charge on any atom is -0.327 e. The molecule has 0 aliphatic rings. The molecule has 0 saturated heterocycles. The van der Waals surface area contributed by atoms with Crippen LogP contribution < -0.4 is 5.32 Å². The van der Waals surface area contributed by atoms with Gasteiger partial charge in [-0.1, -0.05) is 24.3 Å². The zero-order chi connectivity index (χ0) is 19.7. The average molecular weight is 388 g/mol. The number of benzene rings is 2. The van der Waals surface area contributed by atoms with Crippen LogP contribution in [0.2, 0.25) is 0 Å². The average Bonchev–Trinajstić information content (AvgIpc) is 3.25. The fraction of sp³-hybridized carbons (Fsp3) is 0.136. The van der Waals surface area contributed by atoms with Crippen molar-refractivity contribution in [3.8, 4) is 0 Å². The van der Waals surface area contributed by atoms with Gasteiger partial charge in [-0.05, 0) is 42.8 Å². The van der Waals surface area contributed by atoms with Gasteiger partial charge >= 0.3 is 0 Å². The van der Waals surface area contributed by atoms with Crippen molar-refractivity contribution in [3.05, 3.63) is 76.0 Å². The quantitative estimate of drug-likeness (QED) is 0.542. The van der Waals surface area contributed by atoms with E-state index in [9.17, 15) is 4.79 Å². The molecule has 0 unspecified atom stereocenters. The third-order valence-electron chi connectivity index (χ3n) is 4.42. The first-order valence-corrected chi connectivity index (χ1v) is 9.83. The SMILES string of the molecule is CC(=O)Nc1ccc(/C=C(\c2nc(C)cs2)c2nc3ccccc3n2C)cc1. The van der Waals surface area contributed by atoms with E-state index in [-0.39, 0.29) is 5.91 Å². The summed E-state index contributed by atoms with van der Waals surface area (Å²) in [5.41, 5.74) is 5.80. The van der Waals surface area contributed by atoms with Gasteiger partial charge in [0.2, 0.25) is 5.91 Å². The first kappa shape index (κ1) is 18.1. The lowest BCUT2D eigenvalue weighted by Crippen LogP contribution is -2.05. The second-order valence-electron chi connectivity index (χ2n) is 6.64. The first-order valence-electron chi connectivity index (χ1n) is 8.95. The fourth-order valence-electron chi connectivity index (χ4n) is 3.12. The molecule has 1 N–H and O–H groups in total. The maximum atomic E-state index is 11.2. The molecule has 0 saturated carbocycles. The van der Waals surface area contributed by atoms with Crippen LogP contribution in [-0.4, -0.2) is 20.4 Å². The molecule has 140 valence electrons. The van der Waals surface area contributed by atoms with Crippen molar-refractivity contribution in [2.75, 3.05) is 5.32 Å². The summed E-state index contributed by atoms with van der Waals surface area (Å²) in [4.78, 5) is 20.8.